The Balaban J connectivity index is 0.928. The van der Waals surface area contributed by atoms with E-state index in [2.05, 4.69) is 137 Å². The van der Waals surface area contributed by atoms with E-state index in [0.29, 0.717) is 22.5 Å². The number of rotatable bonds is 9. The molecule has 0 radical (unpaired) electrons. The largest absolute Gasteiger partial charge is 0.310 e. The highest BCUT2D eigenvalue weighted by atomic mass is 15.1. The number of fused-ring (bicyclic) bond motifs is 3. The van der Waals surface area contributed by atoms with Crippen LogP contribution in [-0.2, 0) is 0 Å². The fraction of sp³-hybridized carbons (Fsp3) is 0. The maximum absolute atomic E-state index is 10.6. The van der Waals surface area contributed by atoms with Crippen LogP contribution >= 0.6 is 0 Å². The third-order valence-corrected chi connectivity index (χ3v) is 12.1. The standard InChI is InChI=1S/C60H38N6/c61-39-47-35-46(36-48(40-62)59(47)44-27-25-43(26-28-44)56-38-55(42-15-5-1-6-16-42)63-60(64-56)45-17-7-2-8-18-45)41-29-31-51(32-30-41)66-57-24-14-13-23-53(57)54-37-52(33-34-58(54)66)65(49-19-9-3-10-20-49)50-21-11-4-12-22-50/h1-38H. The van der Waals surface area contributed by atoms with Crippen molar-refractivity contribution in [3.63, 3.8) is 0 Å². The van der Waals surface area contributed by atoms with Crippen molar-refractivity contribution in [1.29, 1.82) is 10.5 Å². The second-order valence-corrected chi connectivity index (χ2v) is 16.0. The molecule has 2 aromatic heterocycles. The first-order chi connectivity index (χ1) is 32.6. The van der Waals surface area contributed by atoms with E-state index in [1.807, 2.05) is 115 Å². The fourth-order valence-corrected chi connectivity index (χ4v) is 8.95. The Bertz CT molecular complexity index is 3490. The van der Waals surface area contributed by atoms with Gasteiger partial charge in [0.15, 0.2) is 5.82 Å². The summed E-state index contributed by atoms with van der Waals surface area (Å²) in [7, 11) is 0. The lowest BCUT2D eigenvalue weighted by molar-refractivity contribution is 1.18. The lowest BCUT2D eigenvalue weighted by Gasteiger charge is -2.25. The van der Waals surface area contributed by atoms with Gasteiger partial charge in [0, 0.05) is 55.8 Å². The van der Waals surface area contributed by atoms with Gasteiger partial charge in [-0.05, 0) is 95.6 Å². The topological polar surface area (TPSA) is 81.5 Å². The molecule has 0 bridgehead atoms. The monoisotopic (exact) mass is 842 g/mol. The maximum atomic E-state index is 10.6. The first kappa shape index (κ1) is 39.5. The molecule has 0 aliphatic carbocycles. The molecule has 0 saturated carbocycles. The number of aromatic nitrogens is 3. The molecule has 66 heavy (non-hydrogen) atoms. The second kappa shape index (κ2) is 17.1. The van der Waals surface area contributed by atoms with Gasteiger partial charge >= 0.3 is 0 Å². The zero-order valence-electron chi connectivity index (χ0n) is 35.6. The summed E-state index contributed by atoms with van der Waals surface area (Å²) in [4.78, 5) is 12.2. The van der Waals surface area contributed by atoms with Crippen LogP contribution in [0.15, 0.2) is 231 Å². The number of nitriles is 2. The van der Waals surface area contributed by atoms with Gasteiger partial charge in [-0.1, -0.05) is 152 Å². The highest BCUT2D eigenvalue weighted by Crippen LogP contribution is 2.40. The number of nitrogens with zero attached hydrogens (tertiary/aromatic N) is 6. The zero-order valence-corrected chi connectivity index (χ0v) is 35.6. The fourth-order valence-electron chi connectivity index (χ4n) is 8.95. The Hall–Kier alpha value is -9.36. The molecule has 0 fully saturated rings. The lowest BCUT2D eigenvalue weighted by atomic mass is 9.90. The van der Waals surface area contributed by atoms with Crippen LogP contribution in [0.3, 0.4) is 0 Å². The number of benzene rings is 9. The third kappa shape index (κ3) is 7.31. The number of hydrogen-bond donors (Lipinski definition) is 0. The summed E-state index contributed by atoms with van der Waals surface area (Å²) in [6.45, 7) is 0. The lowest BCUT2D eigenvalue weighted by Crippen LogP contribution is -2.09. The number of hydrogen-bond acceptors (Lipinski definition) is 5. The normalized spacial score (nSPS) is 11.0. The Kier molecular flexibility index (Phi) is 10.2. The van der Waals surface area contributed by atoms with Gasteiger partial charge in [-0.25, -0.2) is 9.97 Å². The minimum absolute atomic E-state index is 0.430. The van der Waals surface area contributed by atoms with Gasteiger partial charge < -0.3 is 9.47 Å². The molecular weight excluding hydrogens is 805 g/mol. The van der Waals surface area contributed by atoms with Gasteiger partial charge in [0.25, 0.3) is 0 Å². The van der Waals surface area contributed by atoms with Crippen molar-refractivity contribution in [3.8, 4) is 74.0 Å². The van der Waals surface area contributed by atoms with E-state index in [1.54, 1.807) is 0 Å². The summed E-state index contributed by atoms with van der Waals surface area (Å²) in [5.41, 5.74) is 14.8. The highest BCUT2D eigenvalue weighted by molar-refractivity contribution is 6.10. The van der Waals surface area contributed by atoms with E-state index < -0.39 is 0 Å². The minimum Gasteiger partial charge on any atom is -0.310 e. The average Bonchev–Trinajstić information content (AvgIpc) is 3.73. The summed E-state index contributed by atoms with van der Waals surface area (Å²) < 4.78 is 2.30. The second-order valence-electron chi connectivity index (χ2n) is 16.0. The summed E-state index contributed by atoms with van der Waals surface area (Å²) in [5.74, 6) is 0.636. The van der Waals surface area contributed by atoms with Gasteiger partial charge in [0.05, 0.1) is 45.7 Å². The van der Waals surface area contributed by atoms with Gasteiger partial charge in [0.1, 0.15) is 0 Å². The van der Waals surface area contributed by atoms with E-state index >= 15 is 0 Å². The number of anilines is 3. The first-order valence-electron chi connectivity index (χ1n) is 21.8. The van der Waals surface area contributed by atoms with Crippen LogP contribution in [-0.4, -0.2) is 14.5 Å². The molecule has 308 valence electrons. The molecule has 6 nitrogen and oxygen atoms in total. The van der Waals surface area contributed by atoms with Crippen molar-refractivity contribution >= 4 is 38.9 Å². The van der Waals surface area contributed by atoms with Gasteiger partial charge in [-0.2, -0.15) is 10.5 Å². The molecule has 0 spiro atoms. The van der Waals surface area contributed by atoms with Crippen molar-refractivity contribution in [2.45, 2.75) is 0 Å². The average molecular weight is 843 g/mol. The molecular formula is C60H38N6. The van der Waals surface area contributed by atoms with Crippen LogP contribution in [0.4, 0.5) is 17.1 Å². The molecule has 6 heteroatoms. The van der Waals surface area contributed by atoms with Crippen LogP contribution < -0.4 is 4.90 Å². The molecule has 0 aliphatic heterocycles. The van der Waals surface area contributed by atoms with E-state index in [1.165, 1.54) is 0 Å². The van der Waals surface area contributed by atoms with Crippen LogP contribution in [0.25, 0.3) is 83.6 Å². The summed E-state index contributed by atoms with van der Waals surface area (Å²) in [6.07, 6.45) is 0. The van der Waals surface area contributed by atoms with Crippen molar-refractivity contribution in [2.75, 3.05) is 4.90 Å². The Morgan fingerprint density at radius 3 is 1.44 bits per heavy atom. The van der Waals surface area contributed by atoms with E-state index in [0.717, 1.165) is 89.3 Å². The Morgan fingerprint density at radius 2 is 0.848 bits per heavy atom. The van der Waals surface area contributed by atoms with E-state index in [9.17, 15) is 10.5 Å². The van der Waals surface area contributed by atoms with Crippen LogP contribution in [0.1, 0.15) is 11.1 Å². The predicted molar refractivity (Wildman–Crippen MR) is 268 cm³/mol. The van der Waals surface area contributed by atoms with Gasteiger partial charge in [0.2, 0.25) is 0 Å². The molecule has 2 heterocycles. The molecule has 0 saturated heterocycles. The van der Waals surface area contributed by atoms with Crippen LogP contribution in [0.5, 0.6) is 0 Å². The van der Waals surface area contributed by atoms with Gasteiger partial charge in [-0.3, -0.25) is 0 Å². The quantitative estimate of drug-likeness (QED) is 0.145. The summed E-state index contributed by atoms with van der Waals surface area (Å²) >= 11 is 0. The third-order valence-electron chi connectivity index (χ3n) is 12.1. The SMILES string of the molecule is N#Cc1cc(-c2ccc(-n3c4ccccc4c4cc(N(c5ccccc5)c5ccccc5)ccc43)cc2)cc(C#N)c1-c1ccc(-c2cc(-c3ccccc3)nc(-c3ccccc3)n2)cc1. The Morgan fingerprint density at radius 1 is 0.364 bits per heavy atom. The molecule has 0 amide bonds. The van der Waals surface area contributed by atoms with Gasteiger partial charge in [-0.15, -0.1) is 0 Å². The minimum atomic E-state index is 0.430. The van der Waals surface area contributed by atoms with Crippen molar-refractivity contribution in [3.05, 3.63) is 242 Å². The zero-order chi connectivity index (χ0) is 44.4. The van der Waals surface area contributed by atoms with E-state index in [4.69, 9.17) is 9.97 Å². The summed E-state index contributed by atoms with van der Waals surface area (Å²) in [6, 6.07) is 83.0. The maximum Gasteiger partial charge on any atom is 0.160 e. The molecule has 0 atom stereocenters. The highest BCUT2D eigenvalue weighted by Gasteiger charge is 2.19. The smallest absolute Gasteiger partial charge is 0.160 e. The molecule has 11 aromatic rings. The van der Waals surface area contributed by atoms with Crippen molar-refractivity contribution in [1.82, 2.24) is 14.5 Å². The van der Waals surface area contributed by atoms with Crippen LogP contribution in [0, 0.1) is 22.7 Å². The molecule has 0 aliphatic rings. The molecule has 11 rings (SSSR count). The van der Waals surface area contributed by atoms with E-state index in [-0.39, 0.29) is 0 Å². The molecule has 0 unspecified atom stereocenters. The number of para-hydroxylation sites is 3. The Labute approximate surface area is 382 Å². The van der Waals surface area contributed by atoms with Crippen molar-refractivity contribution in [2.24, 2.45) is 0 Å². The first-order valence-corrected chi connectivity index (χ1v) is 21.8. The predicted octanol–water partition coefficient (Wildman–Crippen LogP) is 15.1. The molecule has 0 N–H and O–H groups in total. The summed E-state index contributed by atoms with van der Waals surface area (Å²) in [5, 5.41) is 23.4. The van der Waals surface area contributed by atoms with Crippen molar-refractivity contribution < 1.29 is 0 Å². The van der Waals surface area contributed by atoms with Crippen LogP contribution in [0.2, 0.25) is 0 Å². The molecule has 9 aromatic carbocycles.